The summed E-state index contributed by atoms with van der Waals surface area (Å²) in [6, 6.07) is 59.4. The van der Waals surface area contributed by atoms with Gasteiger partial charge in [-0.05, 0) is 51.1 Å². The molecular formula is C44H30O2. The van der Waals surface area contributed by atoms with Crippen LogP contribution in [0.15, 0.2) is 182 Å². The maximum atomic E-state index is 14.2. The van der Waals surface area contributed by atoms with Gasteiger partial charge in [-0.25, -0.2) is 0 Å². The van der Waals surface area contributed by atoms with Crippen molar-refractivity contribution in [2.24, 2.45) is 0 Å². The first-order chi connectivity index (χ1) is 22.7. The molecule has 0 aliphatic carbocycles. The van der Waals surface area contributed by atoms with E-state index < -0.39 is 0 Å². The molecule has 0 saturated heterocycles. The van der Waals surface area contributed by atoms with E-state index in [0.29, 0.717) is 22.3 Å². The van der Waals surface area contributed by atoms with Gasteiger partial charge in [-0.1, -0.05) is 170 Å². The van der Waals surface area contributed by atoms with E-state index in [4.69, 9.17) is 0 Å². The third kappa shape index (κ3) is 5.72. The van der Waals surface area contributed by atoms with E-state index in [9.17, 15) is 9.59 Å². The van der Waals surface area contributed by atoms with Crippen LogP contribution in [0.25, 0.3) is 44.5 Å². The monoisotopic (exact) mass is 590 g/mol. The number of rotatable bonds is 8. The molecule has 0 atom stereocenters. The fourth-order valence-corrected chi connectivity index (χ4v) is 6.03. The van der Waals surface area contributed by atoms with Crippen LogP contribution in [0.5, 0.6) is 0 Å². The summed E-state index contributed by atoms with van der Waals surface area (Å²) in [4.78, 5) is 27.7. The molecule has 0 unspecified atom stereocenters. The Balaban J connectivity index is 1.47. The maximum absolute atomic E-state index is 14.2. The molecule has 7 aromatic carbocycles. The van der Waals surface area contributed by atoms with Crippen LogP contribution in [0.4, 0.5) is 0 Å². The highest BCUT2D eigenvalue weighted by Crippen LogP contribution is 2.43. The van der Waals surface area contributed by atoms with Gasteiger partial charge >= 0.3 is 0 Å². The van der Waals surface area contributed by atoms with E-state index in [-0.39, 0.29) is 11.6 Å². The molecular weight excluding hydrogens is 560 g/mol. The van der Waals surface area contributed by atoms with Crippen molar-refractivity contribution in [3.63, 3.8) is 0 Å². The third-order valence-electron chi connectivity index (χ3n) is 8.30. The third-order valence-corrected chi connectivity index (χ3v) is 8.30. The lowest BCUT2D eigenvalue weighted by Gasteiger charge is -2.20. The molecule has 0 N–H and O–H groups in total. The number of carbonyl (C=O) groups is 2. The van der Waals surface area contributed by atoms with E-state index in [0.717, 1.165) is 44.5 Å². The topological polar surface area (TPSA) is 34.1 Å². The summed E-state index contributed by atoms with van der Waals surface area (Å²) < 4.78 is 0. The van der Waals surface area contributed by atoms with Crippen molar-refractivity contribution >= 4 is 11.6 Å². The molecule has 0 aliphatic rings. The van der Waals surface area contributed by atoms with Gasteiger partial charge < -0.3 is 0 Å². The summed E-state index contributed by atoms with van der Waals surface area (Å²) in [6.07, 6.45) is 0. The van der Waals surface area contributed by atoms with Crippen molar-refractivity contribution < 1.29 is 9.59 Å². The summed E-state index contributed by atoms with van der Waals surface area (Å²) in [7, 11) is 0. The molecule has 2 heteroatoms. The fraction of sp³-hybridized carbons (Fsp3) is 0. The quantitative estimate of drug-likeness (QED) is 0.165. The Labute approximate surface area is 269 Å². The predicted molar refractivity (Wildman–Crippen MR) is 188 cm³/mol. The lowest BCUT2D eigenvalue weighted by molar-refractivity contribution is 0.103. The molecule has 0 aliphatic heterocycles. The van der Waals surface area contributed by atoms with Crippen LogP contribution >= 0.6 is 0 Å². The molecule has 0 fully saturated rings. The average molecular weight is 591 g/mol. The first-order valence-corrected chi connectivity index (χ1v) is 15.4. The second-order valence-electron chi connectivity index (χ2n) is 11.2. The number of carbonyl (C=O) groups excluding carboxylic acids is 2. The van der Waals surface area contributed by atoms with Gasteiger partial charge in [-0.15, -0.1) is 0 Å². The van der Waals surface area contributed by atoms with Gasteiger partial charge in [0.2, 0.25) is 0 Å². The average Bonchev–Trinajstić information content (AvgIpc) is 3.15. The van der Waals surface area contributed by atoms with Crippen LogP contribution < -0.4 is 0 Å². The number of benzene rings is 7. The molecule has 0 spiro atoms. The van der Waals surface area contributed by atoms with Crippen molar-refractivity contribution in [3.8, 4) is 44.5 Å². The smallest absolute Gasteiger partial charge is 0.193 e. The summed E-state index contributed by atoms with van der Waals surface area (Å²) in [5, 5.41) is 0. The standard InChI is InChI=1S/C44H30O2/c45-43(35-18-9-3-10-19-35)38-23-13-22-37(30-38)39-28-29-40(44(46)36-20-11-4-12-21-36)42(33-16-7-2-8-17-33)41(39)34-26-24-32(25-27-34)31-14-5-1-6-15-31/h1-30H. The Morgan fingerprint density at radius 2 is 0.739 bits per heavy atom. The lowest BCUT2D eigenvalue weighted by atomic mass is 9.82. The molecule has 0 radical (unpaired) electrons. The fourth-order valence-electron chi connectivity index (χ4n) is 6.03. The van der Waals surface area contributed by atoms with E-state index in [1.165, 1.54) is 0 Å². The Kier molecular flexibility index (Phi) is 8.00. The minimum Gasteiger partial charge on any atom is -0.289 e. The zero-order chi connectivity index (χ0) is 31.3. The van der Waals surface area contributed by atoms with Gasteiger partial charge in [0.05, 0.1) is 0 Å². The SMILES string of the molecule is O=C(c1ccccc1)c1cccc(-c2ccc(C(=O)c3ccccc3)c(-c3ccccc3)c2-c2ccc(-c3ccccc3)cc2)c1. The van der Waals surface area contributed by atoms with Crippen molar-refractivity contribution in [2.75, 3.05) is 0 Å². The first-order valence-electron chi connectivity index (χ1n) is 15.4. The van der Waals surface area contributed by atoms with Crippen LogP contribution in [-0.4, -0.2) is 11.6 Å². The van der Waals surface area contributed by atoms with Gasteiger partial charge in [0.25, 0.3) is 0 Å². The van der Waals surface area contributed by atoms with Crippen LogP contribution in [-0.2, 0) is 0 Å². The van der Waals surface area contributed by atoms with E-state index >= 15 is 0 Å². The van der Waals surface area contributed by atoms with Gasteiger partial charge in [0.1, 0.15) is 0 Å². The van der Waals surface area contributed by atoms with Crippen molar-refractivity contribution in [1.29, 1.82) is 0 Å². The second-order valence-corrected chi connectivity index (χ2v) is 11.2. The Morgan fingerprint density at radius 3 is 1.35 bits per heavy atom. The molecule has 46 heavy (non-hydrogen) atoms. The lowest BCUT2D eigenvalue weighted by Crippen LogP contribution is -2.06. The molecule has 218 valence electrons. The van der Waals surface area contributed by atoms with Gasteiger partial charge in [0, 0.05) is 27.8 Å². The summed E-state index contributed by atoms with van der Waals surface area (Å²) in [6.45, 7) is 0. The van der Waals surface area contributed by atoms with Crippen molar-refractivity contribution in [2.45, 2.75) is 0 Å². The molecule has 2 nitrogen and oxygen atoms in total. The van der Waals surface area contributed by atoms with Crippen LogP contribution in [0, 0.1) is 0 Å². The highest BCUT2D eigenvalue weighted by atomic mass is 16.1. The van der Waals surface area contributed by atoms with Gasteiger partial charge in [-0.3, -0.25) is 9.59 Å². The molecule has 7 aromatic rings. The van der Waals surface area contributed by atoms with Crippen molar-refractivity contribution in [3.05, 3.63) is 204 Å². The Morgan fingerprint density at radius 1 is 0.304 bits per heavy atom. The minimum atomic E-state index is -0.0406. The Bertz CT molecular complexity index is 2130. The predicted octanol–water partition coefficient (Wildman–Crippen LogP) is 10.8. The van der Waals surface area contributed by atoms with Crippen LogP contribution in [0.1, 0.15) is 31.8 Å². The minimum absolute atomic E-state index is 0.0321. The molecule has 0 amide bonds. The molecule has 7 rings (SSSR count). The summed E-state index contributed by atoms with van der Waals surface area (Å²) >= 11 is 0. The first kappa shape index (κ1) is 28.6. The zero-order valence-corrected chi connectivity index (χ0v) is 25.1. The molecule has 0 aromatic heterocycles. The van der Waals surface area contributed by atoms with E-state index in [1.807, 2.05) is 133 Å². The summed E-state index contributed by atoms with van der Waals surface area (Å²) in [5.74, 6) is -0.0727. The zero-order valence-electron chi connectivity index (χ0n) is 25.1. The number of hydrogen-bond donors (Lipinski definition) is 0. The largest absolute Gasteiger partial charge is 0.289 e. The normalized spacial score (nSPS) is 10.8. The highest BCUT2D eigenvalue weighted by molar-refractivity contribution is 6.16. The molecule has 0 saturated carbocycles. The van der Waals surface area contributed by atoms with Crippen LogP contribution in [0.2, 0.25) is 0 Å². The maximum Gasteiger partial charge on any atom is 0.193 e. The van der Waals surface area contributed by atoms with Crippen LogP contribution in [0.3, 0.4) is 0 Å². The van der Waals surface area contributed by atoms with Gasteiger partial charge in [-0.2, -0.15) is 0 Å². The summed E-state index contributed by atoms with van der Waals surface area (Å²) in [5.41, 5.74) is 10.3. The molecule has 0 heterocycles. The number of hydrogen-bond acceptors (Lipinski definition) is 2. The van der Waals surface area contributed by atoms with Crippen molar-refractivity contribution in [1.82, 2.24) is 0 Å². The Hall–Kier alpha value is -6.12. The van der Waals surface area contributed by atoms with E-state index in [1.54, 1.807) is 0 Å². The van der Waals surface area contributed by atoms with Gasteiger partial charge in [0.15, 0.2) is 11.6 Å². The molecule has 0 bridgehead atoms. The second kappa shape index (κ2) is 12.9. The van der Waals surface area contributed by atoms with E-state index in [2.05, 4.69) is 48.5 Å². The number of ketones is 2. The highest BCUT2D eigenvalue weighted by Gasteiger charge is 2.23.